The van der Waals surface area contributed by atoms with Crippen LogP contribution in [0.5, 0.6) is 0 Å². The lowest BCUT2D eigenvalue weighted by Crippen LogP contribution is -2.19. The fourth-order valence-electron chi connectivity index (χ4n) is 5.61. The molecule has 0 aliphatic heterocycles. The standard InChI is InChI=1S/C37H42NO3PS/c1-26-12-14-29-15-18-31(38-33(29)22-26)17-13-27-8-7-10-30(23-27)34(43-25-37(20-21-37)24-35(39)40-4)19-16-28-9-5-6-11-32(28)36(2,3)41-42/h5-15,17-18,22-23,34H,16,19-21,24-25,42H2,1-4H3/b17-13+/t34-/m1/s1. The van der Waals surface area contributed by atoms with Crippen molar-refractivity contribution in [2.24, 2.45) is 5.41 Å². The van der Waals surface area contributed by atoms with E-state index < -0.39 is 0 Å². The van der Waals surface area contributed by atoms with Gasteiger partial charge in [0, 0.05) is 25.9 Å². The molecule has 0 N–H and O–H groups in total. The SMILES string of the molecule is COC(=O)CC1(CS[C@H](CCc2ccccc2C(C)(C)OP)c2cccc(/C=C/c3ccc4ccc(C)cc4n3)c2)CC1. The van der Waals surface area contributed by atoms with Crippen LogP contribution in [0.2, 0.25) is 0 Å². The summed E-state index contributed by atoms with van der Waals surface area (Å²) in [4.78, 5) is 17.0. The molecule has 5 rings (SSSR count). The van der Waals surface area contributed by atoms with Gasteiger partial charge in [-0.15, -0.1) is 0 Å². The Morgan fingerprint density at radius 3 is 2.60 bits per heavy atom. The Bertz CT molecular complexity index is 1610. The van der Waals surface area contributed by atoms with Crippen molar-refractivity contribution in [1.82, 2.24) is 4.98 Å². The minimum absolute atomic E-state index is 0.0702. The Kier molecular flexibility index (Phi) is 10.1. The first-order chi connectivity index (χ1) is 20.7. The van der Waals surface area contributed by atoms with Crippen molar-refractivity contribution in [3.05, 3.63) is 112 Å². The number of fused-ring (bicyclic) bond motifs is 1. The predicted octanol–water partition coefficient (Wildman–Crippen LogP) is 9.51. The predicted molar refractivity (Wildman–Crippen MR) is 184 cm³/mol. The molecule has 1 aliphatic carbocycles. The van der Waals surface area contributed by atoms with Gasteiger partial charge in [0.1, 0.15) is 0 Å². The number of methoxy groups -OCH3 is 1. The Balaban J connectivity index is 1.37. The van der Waals surface area contributed by atoms with Crippen LogP contribution < -0.4 is 0 Å². The van der Waals surface area contributed by atoms with Crippen LogP contribution in [0.25, 0.3) is 23.1 Å². The zero-order valence-corrected chi connectivity index (χ0v) is 27.6. The van der Waals surface area contributed by atoms with E-state index in [-0.39, 0.29) is 17.0 Å². The van der Waals surface area contributed by atoms with Crippen LogP contribution in [-0.4, -0.2) is 23.8 Å². The van der Waals surface area contributed by atoms with Crippen molar-refractivity contribution < 1.29 is 14.1 Å². The minimum atomic E-state index is -0.386. The molecule has 1 aliphatic rings. The number of benzene rings is 3. The summed E-state index contributed by atoms with van der Waals surface area (Å²) in [6, 6.07) is 28.0. The van der Waals surface area contributed by atoms with E-state index in [4.69, 9.17) is 14.2 Å². The van der Waals surface area contributed by atoms with Gasteiger partial charge in [-0.2, -0.15) is 11.8 Å². The molecule has 0 saturated heterocycles. The van der Waals surface area contributed by atoms with E-state index in [1.165, 1.54) is 29.4 Å². The lowest BCUT2D eigenvalue weighted by Gasteiger charge is -2.27. The molecule has 3 aromatic carbocycles. The van der Waals surface area contributed by atoms with Gasteiger partial charge < -0.3 is 9.26 Å². The third-order valence-corrected chi connectivity index (χ3v) is 10.8. The molecule has 4 nitrogen and oxygen atoms in total. The maximum absolute atomic E-state index is 12.1. The number of pyridine rings is 1. The number of rotatable bonds is 13. The number of esters is 1. The fourth-order valence-corrected chi connectivity index (χ4v) is 7.30. The third-order valence-electron chi connectivity index (χ3n) is 8.53. The molecular weight excluding hydrogens is 569 g/mol. The van der Waals surface area contributed by atoms with E-state index in [0.717, 1.165) is 53.6 Å². The molecule has 0 bridgehead atoms. The van der Waals surface area contributed by atoms with Gasteiger partial charge in [0.2, 0.25) is 0 Å². The maximum Gasteiger partial charge on any atom is 0.306 e. The second kappa shape index (κ2) is 13.8. The van der Waals surface area contributed by atoms with Crippen LogP contribution >= 0.6 is 21.2 Å². The fraction of sp³-hybridized carbons (Fsp3) is 0.351. The molecular formula is C37H42NO3PS. The zero-order valence-electron chi connectivity index (χ0n) is 25.6. The van der Waals surface area contributed by atoms with E-state index in [9.17, 15) is 4.79 Å². The summed E-state index contributed by atoms with van der Waals surface area (Å²) in [5, 5.41) is 1.44. The lowest BCUT2D eigenvalue weighted by molar-refractivity contribution is -0.141. The van der Waals surface area contributed by atoms with Crippen LogP contribution in [0.3, 0.4) is 0 Å². The maximum atomic E-state index is 12.1. The van der Waals surface area contributed by atoms with Gasteiger partial charge in [-0.25, -0.2) is 4.98 Å². The second-order valence-electron chi connectivity index (χ2n) is 12.3. The molecule has 6 heteroatoms. The summed E-state index contributed by atoms with van der Waals surface area (Å²) in [7, 11) is 3.91. The van der Waals surface area contributed by atoms with Gasteiger partial charge in [0.05, 0.1) is 30.3 Å². The van der Waals surface area contributed by atoms with E-state index in [2.05, 4.69) is 121 Å². The summed E-state index contributed by atoms with van der Waals surface area (Å²) in [5.41, 5.74) is 7.85. The number of carbonyl (C=O) groups excluding carboxylic acids is 1. The second-order valence-corrected chi connectivity index (χ2v) is 13.7. The molecule has 0 spiro atoms. The number of ether oxygens (including phenoxy) is 1. The van der Waals surface area contributed by atoms with Crippen molar-refractivity contribution in [2.45, 2.75) is 63.7 Å². The van der Waals surface area contributed by atoms with Crippen molar-refractivity contribution in [2.75, 3.05) is 12.9 Å². The van der Waals surface area contributed by atoms with Crippen molar-refractivity contribution in [1.29, 1.82) is 0 Å². The van der Waals surface area contributed by atoms with Crippen LogP contribution in [0.15, 0.2) is 78.9 Å². The highest BCUT2D eigenvalue weighted by Crippen LogP contribution is 2.53. The van der Waals surface area contributed by atoms with E-state index in [1.54, 1.807) is 0 Å². The number of thioether (sulfide) groups is 1. The van der Waals surface area contributed by atoms with E-state index in [0.29, 0.717) is 11.7 Å². The Morgan fingerprint density at radius 1 is 1.05 bits per heavy atom. The van der Waals surface area contributed by atoms with Gasteiger partial charge >= 0.3 is 5.97 Å². The summed E-state index contributed by atoms with van der Waals surface area (Å²) in [6.07, 6.45) is 8.86. The van der Waals surface area contributed by atoms with Gasteiger partial charge in [0.25, 0.3) is 0 Å². The monoisotopic (exact) mass is 611 g/mol. The number of aromatic nitrogens is 1. The number of hydrogen-bond donors (Lipinski definition) is 0. The Morgan fingerprint density at radius 2 is 1.84 bits per heavy atom. The molecule has 1 unspecified atom stereocenters. The molecule has 0 amide bonds. The Labute approximate surface area is 263 Å². The molecule has 1 fully saturated rings. The molecule has 224 valence electrons. The average Bonchev–Trinajstić information content (AvgIpc) is 3.79. The normalized spacial score (nSPS) is 15.1. The van der Waals surface area contributed by atoms with Gasteiger partial charge in [-0.3, -0.25) is 4.79 Å². The highest BCUT2D eigenvalue weighted by Gasteiger charge is 2.45. The molecule has 1 heterocycles. The van der Waals surface area contributed by atoms with Gasteiger partial charge in [-0.05, 0) is 97.9 Å². The average molecular weight is 612 g/mol. The third kappa shape index (κ3) is 8.15. The molecule has 43 heavy (non-hydrogen) atoms. The first kappa shape index (κ1) is 31.4. The number of carbonyl (C=O) groups is 1. The van der Waals surface area contributed by atoms with Gasteiger partial charge in [-0.1, -0.05) is 72.8 Å². The summed E-state index contributed by atoms with van der Waals surface area (Å²) >= 11 is 1.98. The van der Waals surface area contributed by atoms with E-state index >= 15 is 0 Å². The lowest BCUT2D eigenvalue weighted by atomic mass is 9.90. The molecule has 1 saturated carbocycles. The summed E-state index contributed by atoms with van der Waals surface area (Å²) in [5.74, 6) is 0.850. The van der Waals surface area contributed by atoms with Crippen LogP contribution in [0.1, 0.15) is 78.3 Å². The van der Waals surface area contributed by atoms with Crippen LogP contribution in [0, 0.1) is 12.3 Å². The first-order valence-corrected chi connectivity index (χ1v) is 16.5. The number of nitrogens with zero attached hydrogens (tertiary/aromatic N) is 1. The van der Waals surface area contributed by atoms with Crippen LogP contribution in [0.4, 0.5) is 0 Å². The molecule has 0 radical (unpaired) electrons. The number of hydrogen-bond acceptors (Lipinski definition) is 5. The van der Waals surface area contributed by atoms with Crippen LogP contribution in [-0.2, 0) is 26.1 Å². The first-order valence-electron chi connectivity index (χ1n) is 15.0. The molecule has 1 aromatic heterocycles. The minimum Gasteiger partial charge on any atom is -0.469 e. The van der Waals surface area contributed by atoms with Crippen molar-refractivity contribution in [3.8, 4) is 0 Å². The topological polar surface area (TPSA) is 48.4 Å². The summed E-state index contributed by atoms with van der Waals surface area (Å²) < 4.78 is 10.8. The van der Waals surface area contributed by atoms with Gasteiger partial charge in [0.15, 0.2) is 0 Å². The largest absolute Gasteiger partial charge is 0.469 e. The Hall–Kier alpha value is -2.98. The van der Waals surface area contributed by atoms with Crippen molar-refractivity contribution >= 4 is 50.3 Å². The quantitative estimate of drug-likeness (QED) is 0.111. The van der Waals surface area contributed by atoms with Crippen molar-refractivity contribution in [3.63, 3.8) is 0 Å². The summed E-state index contributed by atoms with van der Waals surface area (Å²) in [6.45, 7) is 6.31. The zero-order chi connectivity index (χ0) is 30.5. The number of aryl methyl sites for hydroxylation is 2. The molecule has 4 aromatic rings. The molecule has 2 atom stereocenters. The highest BCUT2D eigenvalue weighted by molar-refractivity contribution is 7.99. The van der Waals surface area contributed by atoms with E-state index in [1.807, 2.05) is 11.8 Å². The smallest absolute Gasteiger partial charge is 0.306 e. The highest BCUT2D eigenvalue weighted by atomic mass is 32.2.